The molecule has 22 heavy (non-hydrogen) atoms. The van der Waals surface area contributed by atoms with E-state index in [1.807, 2.05) is 16.9 Å². The molecule has 0 amide bonds. The number of aromatic amines is 1. The van der Waals surface area contributed by atoms with Crippen molar-refractivity contribution in [3.63, 3.8) is 0 Å². The van der Waals surface area contributed by atoms with E-state index < -0.39 is 0 Å². The molecule has 3 aromatic heterocycles. The van der Waals surface area contributed by atoms with Gasteiger partial charge in [-0.05, 0) is 6.07 Å². The molecule has 0 unspecified atom stereocenters. The number of rotatable bonds is 4. The fraction of sp³-hybridized carbons (Fsp3) is 0.429. The summed E-state index contributed by atoms with van der Waals surface area (Å²) >= 11 is 0. The maximum Gasteiger partial charge on any atom is 0.142 e. The Labute approximate surface area is 127 Å². The van der Waals surface area contributed by atoms with Crippen LogP contribution in [0.2, 0.25) is 0 Å². The lowest BCUT2D eigenvalue weighted by Crippen LogP contribution is -2.47. The first-order valence-corrected chi connectivity index (χ1v) is 7.48. The van der Waals surface area contributed by atoms with E-state index >= 15 is 0 Å². The van der Waals surface area contributed by atoms with Crippen LogP contribution in [0, 0.1) is 0 Å². The highest BCUT2D eigenvalue weighted by Gasteiger charge is 2.19. The van der Waals surface area contributed by atoms with Crippen molar-refractivity contribution in [2.75, 3.05) is 37.6 Å². The van der Waals surface area contributed by atoms with Crippen LogP contribution in [0.15, 0.2) is 31.2 Å². The van der Waals surface area contributed by atoms with Gasteiger partial charge in [0.15, 0.2) is 0 Å². The lowest BCUT2D eigenvalue weighted by molar-refractivity contribution is 0.244. The van der Waals surface area contributed by atoms with E-state index in [0.717, 1.165) is 56.1 Å². The third-order valence-electron chi connectivity index (χ3n) is 4.12. The zero-order valence-electron chi connectivity index (χ0n) is 12.3. The van der Waals surface area contributed by atoms with Gasteiger partial charge < -0.3 is 9.88 Å². The monoisotopic (exact) mass is 298 g/mol. The second-order valence-corrected chi connectivity index (χ2v) is 5.42. The van der Waals surface area contributed by atoms with Crippen LogP contribution < -0.4 is 4.90 Å². The highest BCUT2D eigenvalue weighted by Crippen LogP contribution is 2.22. The largest absolute Gasteiger partial charge is 0.353 e. The second-order valence-electron chi connectivity index (χ2n) is 5.42. The predicted octanol–water partition coefficient (Wildman–Crippen LogP) is 0.372. The Bertz CT molecular complexity index is 726. The Hall–Kier alpha value is -2.48. The topological polar surface area (TPSA) is 78.8 Å². The van der Waals surface area contributed by atoms with Crippen LogP contribution in [0.3, 0.4) is 0 Å². The molecule has 3 aromatic rings. The molecule has 1 aliphatic rings. The number of hydrogen-bond donors (Lipinski definition) is 1. The minimum absolute atomic E-state index is 0.884. The molecule has 114 valence electrons. The lowest BCUT2D eigenvalue weighted by atomic mass is 10.2. The Morgan fingerprint density at radius 2 is 1.95 bits per heavy atom. The summed E-state index contributed by atoms with van der Waals surface area (Å²) < 4.78 is 1.88. The van der Waals surface area contributed by atoms with Crippen LogP contribution >= 0.6 is 0 Å². The van der Waals surface area contributed by atoms with Crippen molar-refractivity contribution in [1.82, 2.24) is 34.6 Å². The summed E-state index contributed by atoms with van der Waals surface area (Å²) in [4.78, 5) is 20.6. The molecule has 8 heteroatoms. The summed E-state index contributed by atoms with van der Waals surface area (Å²) in [6.07, 6.45) is 6.89. The number of aromatic nitrogens is 6. The van der Waals surface area contributed by atoms with E-state index in [2.05, 4.69) is 34.8 Å². The summed E-state index contributed by atoms with van der Waals surface area (Å²) in [6, 6.07) is 2.04. The molecule has 1 fully saturated rings. The van der Waals surface area contributed by atoms with Crippen LogP contribution in [-0.4, -0.2) is 67.3 Å². The Morgan fingerprint density at radius 3 is 2.77 bits per heavy atom. The summed E-state index contributed by atoms with van der Waals surface area (Å²) in [6.45, 7) is 5.91. The molecule has 0 radical (unpaired) electrons. The van der Waals surface area contributed by atoms with Gasteiger partial charge in [-0.1, -0.05) is 0 Å². The first-order valence-electron chi connectivity index (χ1n) is 7.48. The Balaban J connectivity index is 1.38. The first kappa shape index (κ1) is 13.2. The lowest BCUT2D eigenvalue weighted by Gasteiger charge is -2.35. The van der Waals surface area contributed by atoms with Crippen molar-refractivity contribution in [2.24, 2.45) is 0 Å². The number of anilines is 1. The van der Waals surface area contributed by atoms with Crippen molar-refractivity contribution < 1.29 is 0 Å². The van der Waals surface area contributed by atoms with Crippen LogP contribution in [0.5, 0.6) is 0 Å². The van der Waals surface area contributed by atoms with Gasteiger partial charge in [-0.2, -0.15) is 5.10 Å². The molecule has 0 aliphatic carbocycles. The quantitative estimate of drug-likeness (QED) is 0.750. The van der Waals surface area contributed by atoms with Gasteiger partial charge in [0, 0.05) is 38.9 Å². The average molecular weight is 298 g/mol. The van der Waals surface area contributed by atoms with Crippen molar-refractivity contribution in [2.45, 2.75) is 6.54 Å². The van der Waals surface area contributed by atoms with Crippen molar-refractivity contribution in [1.29, 1.82) is 0 Å². The molecule has 1 aliphatic heterocycles. The van der Waals surface area contributed by atoms with Crippen molar-refractivity contribution in [3.8, 4) is 0 Å². The number of hydrogen-bond acceptors (Lipinski definition) is 6. The van der Waals surface area contributed by atoms with Crippen LogP contribution in [0.25, 0.3) is 11.0 Å². The number of fused-ring (bicyclic) bond motifs is 1. The van der Waals surface area contributed by atoms with Gasteiger partial charge in [0.05, 0.1) is 11.9 Å². The third kappa shape index (κ3) is 2.52. The normalized spacial score (nSPS) is 16.5. The average Bonchev–Trinajstić information content (AvgIpc) is 3.24. The maximum absolute atomic E-state index is 4.47. The van der Waals surface area contributed by atoms with E-state index in [9.17, 15) is 0 Å². The zero-order chi connectivity index (χ0) is 14.8. The highest BCUT2D eigenvalue weighted by molar-refractivity contribution is 5.87. The van der Waals surface area contributed by atoms with Gasteiger partial charge in [-0.3, -0.25) is 9.58 Å². The minimum Gasteiger partial charge on any atom is -0.353 e. The van der Waals surface area contributed by atoms with Crippen LogP contribution in [-0.2, 0) is 6.54 Å². The highest BCUT2D eigenvalue weighted by atomic mass is 15.3. The van der Waals surface area contributed by atoms with Gasteiger partial charge in [0.1, 0.15) is 30.4 Å². The molecule has 4 rings (SSSR count). The predicted molar refractivity (Wildman–Crippen MR) is 82.6 cm³/mol. The SMILES string of the molecule is c1nc(N2CCN(CCn3cncn3)CC2)c2cc[nH]c2n1. The summed E-state index contributed by atoms with van der Waals surface area (Å²) in [5.41, 5.74) is 0.901. The van der Waals surface area contributed by atoms with Gasteiger partial charge in [-0.25, -0.2) is 15.0 Å². The summed E-state index contributed by atoms with van der Waals surface area (Å²) in [5.74, 6) is 1.03. The molecular weight excluding hydrogens is 280 g/mol. The van der Waals surface area contributed by atoms with Gasteiger partial charge >= 0.3 is 0 Å². The number of H-pyrrole nitrogens is 1. The van der Waals surface area contributed by atoms with Gasteiger partial charge in [0.25, 0.3) is 0 Å². The fourth-order valence-corrected chi connectivity index (χ4v) is 2.89. The zero-order valence-corrected chi connectivity index (χ0v) is 12.3. The van der Waals surface area contributed by atoms with Crippen LogP contribution in [0.1, 0.15) is 0 Å². The van der Waals surface area contributed by atoms with Gasteiger partial charge in [0.2, 0.25) is 0 Å². The first-order chi connectivity index (χ1) is 10.9. The molecule has 1 N–H and O–H groups in total. The molecule has 0 saturated carbocycles. The van der Waals surface area contributed by atoms with Crippen molar-refractivity contribution in [3.05, 3.63) is 31.2 Å². The minimum atomic E-state index is 0.884. The molecule has 1 saturated heterocycles. The summed E-state index contributed by atoms with van der Waals surface area (Å²) in [7, 11) is 0. The van der Waals surface area contributed by atoms with E-state index in [1.54, 1.807) is 19.0 Å². The number of piperazine rings is 1. The third-order valence-corrected chi connectivity index (χ3v) is 4.12. The van der Waals surface area contributed by atoms with Crippen molar-refractivity contribution >= 4 is 16.9 Å². The van der Waals surface area contributed by atoms with Gasteiger partial charge in [-0.15, -0.1) is 0 Å². The Morgan fingerprint density at radius 1 is 1.05 bits per heavy atom. The van der Waals surface area contributed by atoms with E-state index in [0.29, 0.717) is 0 Å². The summed E-state index contributed by atoms with van der Waals surface area (Å²) in [5, 5.41) is 5.24. The molecular formula is C14H18N8. The maximum atomic E-state index is 4.47. The Kier molecular flexibility index (Phi) is 3.43. The molecule has 0 spiro atoms. The smallest absolute Gasteiger partial charge is 0.142 e. The molecule has 4 heterocycles. The number of nitrogens with zero attached hydrogens (tertiary/aromatic N) is 7. The molecule has 0 aromatic carbocycles. The standard InChI is InChI=1S/C14H18N8/c1-2-16-13-12(1)14(18-10-17-13)21-6-3-20(4-7-21)5-8-22-11-15-9-19-22/h1-2,9-11H,3-8H2,(H,16,17,18). The second kappa shape index (κ2) is 5.72. The molecule has 8 nitrogen and oxygen atoms in total. The molecule has 0 bridgehead atoms. The van der Waals surface area contributed by atoms with E-state index in [4.69, 9.17) is 0 Å². The fourth-order valence-electron chi connectivity index (χ4n) is 2.89. The van der Waals surface area contributed by atoms with Crippen LogP contribution in [0.4, 0.5) is 5.82 Å². The number of nitrogens with one attached hydrogen (secondary N) is 1. The van der Waals surface area contributed by atoms with E-state index in [1.165, 1.54) is 0 Å². The molecule has 0 atom stereocenters. The van der Waals surface area contributed by atoms with E-state index in [-0.39, 0.29) is 0 Å².